The van der Waals surface area contributed by atoms with Crippen molar-refractivity contribution in [1.29, 1.82) is 0 Å². The lowest BCUT2D eigenvalue weighted by atomic mass is 10.0. The molecule has 3 aromatic heterocycles. The molecule has 0 bridgehead atoms. The molecule has 0 radical (unpaired) electrons. The monoisotopic (exact) mass is 580 g/mol. The summed E-state index contributed by atoms with van der Waals surface area (Å²) >= 11 is 1.79. The van der Waals surface area contributed by atoms with Gasteiger partial charge in [0.2, 0.25) is 5.95 Å². The highest BCUT2D eigenvalue weighted by Gasteiger charge is 2.21. The van der Waals surface area contributed by atoms with E-state index in [0.717, 1.165) is 44.1 Å². The van der Waals surface area contributed by atoms with E-state index in [1.54, 1.807) is 11.3 Å². The van der Waals surface area contributed by atoms with E-state index in [0.29, 0.717) is 17.6 Å². The lowest BCUT2D eigenvalue weighted by Crippen LogP contribution is -2.07. The minimum Gasteiger partial charge on any atom is -0.277 e. The van der Waals surface area contributed by atoms with E-state index < -0.39 is 0 Å². The fraction of sp³-hybridized carbons (Fsp3) is 0. The number of benzene rings is 6. The van der Waals surface area contributed by atoms with Gasteiger partial charge in [0.25, 0.3) is 0 Å². The first-order chi connectivity index (χ1) is 21.8. The lowest BCUT2D eigenvalue weighted by Gasteiger charge is -2.13. The van der Waals surface area contributed by atoms with E-state index in [4.69, 9.17) is 15.0 Å². The van der Waals surface area contributed by atoms with Crippen LogP contribution in [-0.4, -0.2) is 19.5 Å². The zero-order valence-electron chi connectivity index (χ0n) is 23.6. The molecule has 9 aromatic rings. The van der Waals surface area contributed by atoms with Gasteiger partial charge in [0.15, 0.2) is 11.6 Å². The summed E-state index contributed by atoms with van der Waals surface area (Å²) in [6.07, 6.45) is 0. The summed E-state index contributed by atoms with van der Waals surface area (Å²) in [6, 6.07) is 50.8. The van der Waals surface area contributed by atoms with Crippen molar-refractivity contribution < 1.29 is 0 Å². The number of aromatic nitrogens is 4. The molecule has 0 saturated carbocycles. The quantitative estimate of drug-likeness (QED) is 0.208. The highest BCUT2D eigenvalue weighted by Crippen LogP contribution is 2.41. The predicted molar refractivity (Wildman–Crippen MR) is 183 cm³/mol. The molecule has 44 heavy (non-hydrogen) atoms. The number of fused-ring (bicyclic) bond motifs is 6. The van der Waals surface area contributed by atoms with Crippen LogP contribution >= 0.6 is 11.3 Å². The van der Waals surface area contributed by atoms with Crippen molar-refractivity contribution in [3.05, 3.63) is 146 Å². The maximum Gasteiger partial charge on any atom is 0.238 e. The van der Waals surface area contributed by atoms with Crippen LogP contribution in [0.2, 0.25) is 0 Å². The molecule has 0 atom stereocenters. The average molecular weight is 581 g/mol. The fourth-order valence-corrected chi connectivity index (χ4v) is 7.51. The normalized spacial score (nSPS) is 11.6. The summed E-state index contributed by atoms with van der Waals surface area (Å²) in [7, 11) is 0. The van der Waals surface area contributed by atoms with E-state index in [2.05, 4.69) is 132 Å². The minimum absolute atomic E-state index is 0.599. The first-order valence-corrected chi connectivity index (χ1v) is 15.5. The summed E-state index contributed by atoms with van der Waals surface area (Å²) in [5, 5.41) is 4.79. The SMILES string of the molecule is c1ccc(-c2nc(-c3cccc4c3sc3ccccc34)nc(-n3c4ccccc4c4cccc(-c5ccccc5)c43)n2)cc1. The predicted octanol–water partition coefficient (Wildman–Crippen LogP) is 10.3. The summed E-state index contributed by atoms with van der Waals surface area (Å²) in [4.78, 5) is 15.6. The highest BCUT2D eigenvalue weighted by atomic mass is 32.1. The van der Waals surface area contributed by atoms with Gasteiger partial charge in [-0.05, 0) is 23.8 Å². The maximum atomic E-state index is 5.27. The van der Waals surface area contributed by atoms with Gasteiger partial charge in [-0.2, -0.15) is 9.97 Å². The van der Waals surface area contributed by atoms with Gasteiger partial charge in [0.05, 0.1) is 11.0 Å². The Morgan fingerprint density at radius 2 is 1.05 bits per heavy atom. The van der Waals surface area contributed by atoms with Gasteiger partial charge in [-0.15, -0.1) is 11.3 Å². The Labute approximate surface area is 257 Å². The van der Waals surface area contributed by atoms with Crippen LogP contribution in [-0.2, 0) is 0 Å². The van der Waals surface area contributed by atoms with Gasteiger partial charge in [-0.1, -0.05) is 127 Å². The van der Waals surface area contributed by atoms with E-state index in [-0.39, 0.29) is 0 Å². The number of thiophene rings is 1. The van der Waals surface area contributed by atoms with Crippen LogP contribution in [0.15, 0.2) is 146 Å². The molecular weight excluding hydrogens is 557 g/mol. The van der Waals surface area contributed by atoms with Gasteiger partial charge < -0.3 is 0 Å². The van der Waals surface area contributed by atoms with Crippen LogP contribution in [0.25, 0.3) is 81.8 Å². The van der Waals surface area contributed by atoms with Crippen molar-refractivity contribution in [3.63, 3.8) is 0 Å². The highest BCUT2D eigenvalue weighted by molar-refractivity contribution is 7.26. The minimum atomic E-state index is 0.599. The molecule has 0 amide bonds. The molecule has 4 nitrogen and oxygen atoms in total. The van der Waals surface area contributed by atoms with Crippen LogP contribution < -0.4 is 0 Å². The van der Waals surface area contributed by atoms with Crippen molar-refractivity contribution in [1.82, 2.24) is 19.5 Å². The Bertz CT molecular complexity index is 2490. The molecule has 0 fully saturated rings. The van der Waals surface area contributed by atoms with Crippen LogP contribution in [0.5, 0.6) is 0 Å². The van der Waals surface area contributed by atoms with Crippen LogP contribution in [0, 0.1) is 0 Å². The maximum absolute atomic E-state index is 5.27. The van der Waals surface area contributed by atoms with E-state index in [9.17, 15) is 0 Å². The van der Waals surface area contributed by atoms with Crippen molar-refractivity contribution >= 4 is 53.3 Å². The molecule has 0 aliphatic carbocycles. The molecule has 5 heteroatoms. The fourth-order valence-electron chi connectivity index (χ4n) is 6.30. The van der Waals surface area contributed by atoms with Crippen molar-refractivity contribution in [2.24, 2.45) is 0 Å². The second-order valence-corrected chi connectivity index (χ2v) is 11.9. The summed E-state index contributed by atoms with van der Waals surface area (Å²) in [5.74, 6) is 1.91. The molecule has 0 aliphatic heterocycles. The van der Waals surface area contributed by atoms with Crippen LogP contribution in [0.4, 0.5) is 0 Å². The Kier molecular flexibility index (Phi) is 5.64. The van der Waals surface area contributed by atoms with Gasteiger partial charge in [-0.3, -0.25) is 4.57 Å². The Morgan fingerprint density at radius 1 is 0.432 bits per heavy atom. The number of rotatable bonds is 4. The van der Waals surface area contributed by atoms with E-state index in [1.165, 1.54) is 20.2 Å². The summed E-state index contributed by atoms with van der Waals surface area (Å²) < 4.78 is 4.65. The van der Waals surface area contributed by atoms with Gasteiger partial charge in [-0.25, -0.2) is 4.98 Å². The molecule has 3 heterocycles. The Balaban J connectivity index is 1.40. The molecule has 0 spiro atoms. The van der Waals surface area contributed by atoms with E-state index >= 15 is 0 Å². The number of hydrogen-bond acceptors (Lipinski definition) is 4. The zero-order valence-corrected chi connectivity index (χ0v) is 24.4. The smallest absolute Gasteiger partial charge is 0.238 e. The second-order valence-electron chi connectivity index (χ2n) is 10.8. The lowest BCUT2D eigenvalue weighted by molar-refractivity contribution is 0.955. The molecule has 206 valence electrons. The molecule has 0 saturated heterocycles. The zero-order chi connectivity index (χ0) is 29.0. The molecule has 6 aromatic carbocycles. The van der Waals surface area contributed by atoms with Gasteiger partial charge >= 0.3 is 0 Å². The average Bonchev–Trinajstić information content (AvgIpc) is 3.65. The standard InChI is InChI=1S/C39H24N4S/c1-3-13-25(14-4-1)27-19-11-20-30-28-17-7-9-23-33(28)43(35(27)30)39-41-37(26-15-5-2-6-16-26)40-38(42-39)32-22-12-21-31-29-18-8-10-24-34(29)44-36(31)32/h1-24H. The third-order valence-corrected chi connectivity index (χ3v) is 9.50. The number of nitrogens with zero attached hydrogens (tertiary/aromatic N) is 4. The molecule has 0 unspecified atom stereocenters. The van der Waals surface area contributed by atoms with Crippen molar-refractivity contribution in [2.45, 2.75) is 0 Å². The topological polar surface area (TPSA) is 43.6 Å². The summed E-state index contributed by atoms with van der Waals surface area (Å²) in [6.45, 7) is 0. The van der Waals surface area contributed by atoms with Crippen LogP contribution in [0.1, 0.15) is 0 Å². The van der Waals surface area contributed by atoms with Crippen molar-refractivity contribution in [3.8, 4) is 39.9 Å². The number of para-hydroxylation sites is 2. The third-order valence-electron chi connectivity index (χ3n) is 8.28. The summed E-state index contributed by atoms with van der Waals surface area (Å²) in [5.41, 5.74) is 6.38. The van der Waals surface area contributed by atoms with Crippen molar-refractivity contribution in [2.75, 3.05) is 0 Å². The first kappa shape index (κ1) is 24.9. The molecule has 9 rings (SSSR count). The molecular formula is C39H24N4S. The largest absolute Gasteiger partial charge is 0.277 e. The van der Waals surface area contributed by atoms with E-state index in [1.807, 2.05) is 18.2 Å². The van der Waals surface area contributed by atoms with Gasteiger partial charge in [0.1, 0.15) is 0 Å². The third kappa shape index (κ3) is 3.87. The Morgan fingerprint density at radius 3 is 1.86 bits per heavy atom. The molecule has 0 aliphatic rings. The Hall–Kier alpha value is -5.65. The number of hydrogen-bond donors (Lipinski definition) is 0. The molecule has 0 N–H and O–H groups in total. The second kappa shape index (κ2) is 9.97. The van der Waals surface area contributed by atoms with Gasteiger partial charge in [0, 0.05) is 47.6 Å². The van der Waals surface area contributed by atoms with Crippen LogP contribution in [0.3, 0.4) is 0 Å². The first-order valence-electron chi connectivity index (χ1n) is 14.6.